The molecular formula is C20H16F6N2OS. The summed E-state index contributed by atoms with van der Waals surface area (Å²) < 4.78 is 78.4. The van der Waals surface area contributed by atoms with Gasteiger partial charge >= 0.3 is 12.4 Å². The van der Waals surface area contributed by atoms with Crippen molar-refractivity contribution in [2.75, 3.05) is 13.1 Å². The zero-order valence-corrected chi connectivity index (χ0v) is 16.5. The van der Waals surface area contributed by atoms with E-state index in [1.165, 1.54) is 11.8 Å². The molecule has 0 bridgehead atoms. The number of amides is 1. The summed E-state index contributed by atoms with van der Waals surface area (Å²) in [4.78, 5) is 18.1. The molecule has 0 saturated carbocycles. The molecule has 30 heavy (non-hydrogen) atoms. The Labute approximate surface area is 172 Å². The third kappa shape index (κ3) is 5.16. The highest BCUT2D eigenvalue weighted by atomic mass is 32.2. The second-order valence-corrected chi connectivity index (χ2v) is 7.63. The van der Waals surface area contributed by atoms with Gasteiger partial charge in [-0.3, -0.25) is 14.7 Å². The molecule has 0 radical (unpaired) electrons. The Morgan fingerprint density at radius 1 is 1.00 bits per heavy atom. The summed E-state index contributed by atoms with van der Waals surface area (Å²) in [7, 11) is 0. The predicted molar refractivity (Wildman–Crippen MR) is 102 cm³/mol. The highest BCUT2D eigenvalue weighted by Crippen LogP contribution is 2.37. The number of carbonyl (C=O) groups excluding carboxylic acids is 1. The minimum atomic E-state index is -5.02. The fraction of sp³-hybridized carbons (Fsp3) is 0.300. The van der Waals surface area contributed by atoms with Gasteiger partial charge in [0, 0.05) is 17.9 Å². The normalized spacial score (nSPS) is 14.8. The largest absolute Gasteiger partial charge is 0.416 e. The average Bonchev–Trinajstić information content (AvgIpc) is 3.14. The summed E-state index contributed by atoms with van der Waals surface area (Å²) in [6.45, 7) is 2.25. The summed E-state index contributed by atoms with van der Waals surface area (Å²) in [5, 5.41) is 0.270. The van der Waals surface area contributed by atoms with E-state index in [1.54, 1.807) is 0 Å². The lowest BCUT2D eigenvalue weighted by atomic mass is 10.0. The molecule has 0 aromatic heterocycles. The number of carbonyl (C=O) groups is 1. The second kappa shape index (κ2) is 8.33. The average molecular weight is 446 g/mol. The van der Waals surface area contributed by atoms with Crippen LogP contribution in [0, 0.1) is 6.92 Å². The molecule has 1 heterocycles. The van der Waals surface area contributed by atoms with Crippen LogP contribution in [0.5, 0.6) is 0 Å². The molecule has 10 heteroatoms. The molecule has 0 saturated heterocycles. The molecule has 0 aliphatic carbocycles. The van der Waals surface area contributed by atoms with Crippen LogP contribution in [0.15, 0.2) is 47.5 Å². The molecule has 0 unspecified atom stereocenters. The van der Waals surface area contributed by atoms with Crippen molar-refractivity contribution in [1.82, 2.24) is 4.90 Å². The van der Waals surface area contributed by atoms with Crippen molar-refractivity contribution < 1.29 is 31.1 Å². The van der Waals surface area contributed by atoms with Gasteiger partial charge in [0.25, 0.3) is 5.91 Å². The van der Waals surface area contributed by atoms with Crippen LogP contribution in [-0.2, 0) is 18.1 Å². The number of thioether (sulfide) groups is 1. The van der Waals surface area contributed by atoms with Crippen molar-refractivity contribution >= 4 is 22.8 Å². The van der Waals surface area contributed by atoms with Crippen LogP contribution in [0.4, 0.5) is 26.3 Å². The van der Waals surface area contributed by atoms with Crippen molar-refractivity contribution in [2.24, 2.45) is 4.99 Å². The maximum Gasteiger partial charge on any atom is 0.416 e. The molecule has 160 valence electrons. The van der Waals surface area contributed by atoms with E-state index in [-0.39, 0.29) is 24.3 Å². The fourth-order valence-corrected chi connectivity index (χ4v) is 3.81. The number of hydrogen-bond acceptors (Lipinski definition) is 3. The number of nitrogens with zero attached hydrogens (tertiary/aromatic N) is 2. The van der Waals surface area contributed by atoms with E-state index in [0.29, 0.717) is 17.9 Å². The molecule has 3 rings (SSSR count). The van der Waals surface area contributed by atoms with E-state index < -0.39 is 35.0 Å². The molecule has 3 nitrogen and oxygen atoms in total. The predicted octanol–water partition coefficient (Wildman–Crippen LogP) is 5.78. The van der Waals surface area contributed by atoms with E-state index >= 15 is 0 Å². The van der Waals surface area contributed by atoms with E-state index in [9.17, 15) is 31.1 Å². The number of aliphatic imine (C=N–C) groups is 1. The third-order valence-electron chi connectivity index (χ3n) is 4.37. The summed E-state index contributed by atoms with van der Waals surface area (Å²) in [5.74, 6) is -0.488. The molecule has 1 amide bonds. The molecule has 1 aliphatic rings. The van der Waals surface area contributed by atoms with Gasteiger partial charge in [-0.05, 0) is 30.7 Å². The molecular weight excluding hydrogens is 430 g/mol. The molecule has 2 aromatic rings. The summed E-state index contributed by atoms with van der Waals surface area (Å²) in [6, 6.07) is 8.50. The number of halogens is 6. The van der Waals surface area contributed by atoms with Crippen molar-refractivity contribution in [1.29, 1.82) is 0 Å². The lowest BCUT2D eigenvalue weighted by molar-refractivity contribution is -0.143. The zero-order valence-electron chi connectivity index (χ0n) is 15.6. The standard InChI is InChI=1S/C20H16F6N2OS/c1-12-2-4-13(5-3-12)11-30-18-27-6-7-28(18)17(29)14-8-15(19(21,22)23)10-16(9-14)20(24,25)26/h2-5,8-10H,6-7,11H2,1H3. The smallest absolute Gasteiger partial charge is 0.286 e. The summed E-state index contributed by atoms with van der Waals surface area (Å²) in [6.07, 6.45) is -10.0. The molecule has 1 aliphatic heterocycles. The van der Waals surface area contributed by atoms with Crippen molar-refractivity contribution in [3.63, 3.8) is 0 Å². The minimum absolute atomic E-state index is 0.00189. The monoisotopic (exact) mass is 446 g/mol. The van der Waals surface area contributed by atoms with Gasteiger partial charge in [-0.1, -0.05) is 41.6 Å². The summed E-state index contributed by atoms with van der Waals surface area (Å²) >= 11 is 1.20. The summed E-state index contributed by atoms with van der Waals surface area (Å²) in [5.41, 5.74) is -1.70. The Morgan fingerprint density at radius 3 is 2.10 bits per heavy atom. The van der Waals surface area contributed by atoms with Crippen molar-refractivity contribution in [2.45, 2.75) is 25.0 Å². The van der Waals surface area contributed by atoms with Crippen molar-refractivity contribution in [3.8, 4) is 0 Å². The third-order valence-corrected chi connectivity index (χ3v) is 5.46. The van der Waals surface area contributed by atoms with Gasteiger partial charge < -0.3 is 0 Å². The van der Waals surface area contributed by atoms with E-state index in [0.717, 1.165) is 16.0 Å². The Kier molecular flexibility index (Phi) is 6.16. The van der Waals surface area contributed by atoms with Gasteiger partial charge in [0.15, 0.2) is 5.17 Å². The van der Waals surface area contributed by atoms with E-state index in [2.05, 4.69) is 4.99 Å². The van der Waals surface area contributed by atoms with Crippen LogP contribution in [0.3, 0.4) is 0 Å². The number of rotatable bonds is 3. The molecule has 2 aromatic carbocycles. The Bertz CT molecular complexity index is 934. The van der Waals surface area contributed by atoms with Crippen molar-refractivity contribution in [3.05, 3.63) is 70.3 Å². The maximum atomic E-state index is 13.1. The van der Waals surface area contributed by atoms with E-state index in [1.807, 2.05) is 31.2 Å². The highest BCUT2D eigenvalue weighted by molar-refractivity contribution is 8.13. The molecule has 0 spiro atoms. The lowest BCUT2D eigenvalue weighted by Gasteiger charge is -2.20. The number of hydrogen-bond donors (Lipinski definition) is 0. The number of benzene rings is 2. The molecule has 0 fully saturated rings. The second-order valence-electron chi connectivity index (χ2n) is 6.69. The fourth-order valence-electron chi connectivity index (χ4n) is 2.81. The zero-order chi connectivity index (χ0) is 22.1. The highest BCUT2D eigenvalue weighted by Gasteiger charge is 2.38. The van der Waals surface area contributed by atoms with Gasteiger partial charge in [-0.2, -0.15) is 26.3 Å². The van der Waals surface area contributed by atoms with Crippen LogP contribution in [0.25, 0.3) is 0 Å². The lowest BCUT2D eigenvalue weighted by Crippen LogP contribution is -2.33. The van der Waals surface area contributed by atoms with Gasteiger partial charge in [-0.25, -0.2) is 0 Å². The first-order valence-corrected chi connectivity index (χ1v) is 9.78. The maximum absolute atomic E-state index is 13.1. The van der Waals surface area contributed by atoms with Crippen LogP contribution < -0.4 is 0 Å². The SMILES string of the molecule is Cc1ccc(CSC2=NCCN2C(=O)c2cc(C(F)(F)F)cc(C(F)(F)F)c2)cc1. The van der Waals surface area contributed by atoms with Gasteiger partial charge in [-0.15, -0.1) is 0 Å². The Hall–Kier alpha value is -2.49. The molecule has 0 N–H and O–H groups in total. The first kappa shape index (κ1) is 22.2. The first-order chi connectivity index (χ1) is 13.9. The quantitative estimate of drug-likeness (QED) is 0.560. The van der Waals surface area contributed by atoms with Crippen LogP contribution >= 0.6 is 11.8 Å². The number of amidine groups is 1. The first-order valence-electron chi connectivity index (χ1n) is 8.79. The number of aryl methyl sites for hydroxylation is 1. The minimum Gasteiger partial charge on any atom is -0.286 e. The van der Waals surface area contributed by atoms with Gasteiger partial charge in [0.1, 0.15) is 0 Å². The van der Waals surface area contributed by atoms with Crippen LogP contribution in [-0.4, -0.2) is 29.1 Å². The van der Waals surface area contributed by atoms with Crippen LogP contribution in [0.2, 0.25) is 0 Å². The molecule has 0 atom stereocenters. The topological polar surface area (TPSA) is 32.7 Å². The van der Waals surface area contributed by atoms with E-state index in [4.69, 9.17) is 0 Å². The van der Waals surface area contributed by atoms with Gasteiger partial charge in [0.05, 0.1) is 17.7 Å². The Morgan fingerprint density at radius 2 is 1.57 bits per heavy atom. The number of alkyl halides is 6. The van der Waals surface area contributed by atoms with Crippen LogP contribution in [0.1, 0.15) is 32.6 Å². The van der Waals surface area contributed by atoms with Gasteiger partial charge in [0.2, 0.25) is 0 Å². The Balaban J connectivity index is 1.84.